The number of benzene rings is 1. The number of nitrogens with one attached hydrogen (secondary N) is 1. The molecular formula is C20H16F2N6O4. The van der Waals surface area contributed by atoms with Crippen molar-refractivity contribution in [1.29, 1.82) is 0 Å². The summed E-state index contributed by atoms with van der Waals surface area (Å²) in [4.78, 5) is 29.0. The van der Waals surface area contributed by atoms with Crippen molar-refractivity contribution in [3.05, 3.63) is 69.5 Å². The van der Waals surface area contributed by atoms with Gasteiger partial charge in [0.2, 0.25) is 5.82 Å². The number of nitro groups is 1. The molecule has 1 N–H and O–H groups in total. The smallest absolute Gasteiger partial charge is 0.323 e. The lowest BCUT2D eigenvalue weighted by Crippen LogP contribution is -2.33. The molecule has 32 heavy (non-hydrogen) atoms. The van der Waals surface area contributed by atoms with Crippen LogP contribution in [-0.4, -0.2) is 43.8 Å². The highest BCUT2D eigenvalue weighted by Crippen LogP contribution is 2.30. The summed E-state index contributed by atoms with van der Waals surface area (Å²) in [6.07, 6.45) is 1.87. The molecule has 2 aliphatic heterocycles. The molecule has 0 atom stereocenters. The first-order valence-electron chi connectivity index (χ1n) is 9.70. The van der Waals surface area contributed by atoms with Gasteiger partial charge < -0.3 is 9.64 Å². The lowest BCUT2D eigenvalue weighted by atomic mass is 10.1. The van der Waals surface area contributed by atoms with Gasteiger partial charge in [-0.05, 0) is 18.2 Å². The molecule has 4 heterocycles. The Morgan fingerprint density at radius 2 is 2.03 bits per heavy atom. The van der Waals surface area contributed by atoms with Gasteiger partial charge in [0, 0.05) is 29.5 Å². The first-order chi connectivity index (χ1) is 15.4. The standard InChI is InChI=1S/C20H16F2N6O4/c21-12-1-2-14(15(22)5-12)16-3-4-18(28(30)31)19(23-16)24-20(29)26-6-11-7-27(13-9-32-10-13)25-17(11)8-26/h1-5,7,13H,6,8-10H2,(H,23,24,29). The number of anilines is 1. The quantitative estimate of drug-likeness (QED) is 0.490. The molecule has 12 heteroatoms. The van der Waals surface area contributed by atoms with Crippen LogP contribution >= 0.6 is 0 Å². The van der Waals surface area contributed by atoms with Gasteiger partial charge in [0.25, 0.3) is 0 Å². The van der Waals surface area contributed by atoms with Gasteiger partial charge in [0.15, 0.2) is 0 Å². The molecule has 0 saturated carbocycles. The van der Waals surface area contributed by atoms with Crippen molar-refractivity contribution in [2.75, 3.05) is 18.5 Å². The highest BCUT2D eigenvalue weighted by molar-refractivity contribution is 5.91. The zero-order chi connectivity index (χ0) is 22.4. The summed E-state index contributed by atoms with van der Waals surface area (Å²) in [5.41, 5.74) is 1.16. The van der Waals surface area contributed by atoms with E-state index < -0.39 is 28.3 Å². The number of hydrogen-bond acceptors (Lipinski definition) is 6. The molecule has 2 aromatic heterocycles. The van der Waals surface area contributed by atoms with E-state index in [1.807, 2.05) is 10.9 Å². The van der Waals surface area contributed by atoms with E-state index in [4.69, 9.17) is 4.74 Å². The fraction of sp³-hybridized carbons (Fsp3) is 0.250. The molecule has 164 valence electrons. The van der Waals surface area contributed by atoms with Crippen molar-refractivity contribution in [2.24, 2.45) is 0 Å². The highest BCUT2D eigenvalue weighted by atomic mass is 19.1. The molecule has 0 aliphatic carbocycles. The summed E-state index contributed by atoms with van der Waals surface area (Å²) in [5.74, 6) is -1.97. The van der Waals surface area contributed by atoms with E-state index >= 15 is 0 Å². The van der Waals surface area contributed by atoms with E-state index in [-0.39, 0.29) is 36.2 Å². The maximum atomic E-state index is 14.1. The Kier molecular flexibility index (Phi) is 4.78. The van der Waals surface area contributed by atoms with Gasteiger partial charge in [-0.3, -0.25) is 20.1 Å². The Labute approximate surface area is 179 Å². The van der Waals surface area contributed by atoms with Gasteiger partial charge in [0.1, 0.15) is 11.6 Å². The summed E-state index contributed by atoms with van der Waals surface area (Å²) in [6, 6.07) is 4.87. The van der Waals surface area contributed by atoms with Crippen molar-refractivity contribution >= 4 is 17.5 Å². The lowest BCUT2D eigenvalue weighted by Gasteiger charge is -2.26. The fourth-order valence-corrected chi connectivity index (χ4v) is 3.60. The minimum atomic E-state index is -0.873. The Balaban J connectivity index is 1.37. The molecule has 0 bridgehead atoms. The molecule has 0 unspecified atom stereocenters. The Morgan fingerprint density at radius 3 is 2.69 bits per heavy atom. The number of ether oxygens (including phenoxy) is 1. The Bertz CT molecular complexity index is 1220. The lowest BCUT2D eigenvalue weighted by molar-refractivity contribution is -0.384. The molecule has 2 amide bonds. The summed E-state index contributed by atoms with van der Waals surface area (Å²) >= 11 is 0. The first kappa shape index (κ1) is 20.0. The monoisotopic (exact) mass is 442 g/mol. The molecule has 10 nitrogen and oxygen atoms in total. The third-order valence-corrected chi connectivity index (χ3v) is 5.38. The normalized spacial score (nSPS) is 15.4. The van der Waals surface area contributed by atoms with Gasteiger partial charge in [-0.1, -0.05) is 0 Å². The molecule has 1 aromatic carbocycles. The van der Waals surface area contributed by atoms with E-state index in [0.717, 1.165) is 23.4 Å². The number of pyridine rings is 1. The van der Waals surface area contributed by atoms with Crippen molar-refractivity contribution < 1.29 is 23.2 Å². The molecule has 1 saturated heterocycles. The van der Waals surface area contributed by atoms with Crippen molar-refractivity contribution in [1.82, 2.24) is 19.7 Å². The highest BCUT2D eigenvalue weighted by Gasteiger charge is 2.31. The number of rotatable bonds is 4. The van der Waals surface area contributed by atoms with Crippen molar-refractivity contribution in [3.63, 3.8) is 0 Å². The number of aromatic nitrogens is 3. The summed E-state index contributed by atoms with van der Waals surface area (Å²) in [7, 11) is 0. The summed E-state index contributed by atoms with van der Waals surface area (Å²) in [6.45, 7) is 1.73. The SMILES string of the molecule is O=C(Nc1nc(-c2ccc(F)cc2F)ccc1[N+](=O)[O-])N1Cc2cn(C3COC3)nc2C1. The second-order valence-electron chi connectivity index (χ2n) is 7.50. The van der Waals surface area contributed by atoms with E-state index in [0.29, 0.717) is 19.3 Å². The zero-order valence-electron chi connectivity index (χ0n) is 16.5. The molecule has 0 spiro atoms. The number of hydrogen-bond donors (Lipinski definition) is 1. The molecule has 0 radical (unpaired) electrons. The van der Waals surface area contributed by atoms with Crippen LogP contribution in [0.25, 0.3) is 11.3 Å². The van der Waals surface area contributed by atoms with Crippen molar-refractivity contribution in [2.45, 2.75) is 19.1 Å². The van der Waals surface area contributed by atoms with Crippen LogP contribution in [0.1, 0.15) is 17.3 Å². The molecule has 3 aromatic rings. The van der Waals surface area contributed by atoms with Crippen LogP contribution in [0.3, 0.4) is 0 Å². The summed E-state index contributed by atoms with van der Waals surface area (Å²) < 4.78 is 34.3. The van der Waals surface area contributed by atoms with E-state index in [9.17, 15) is 23.7 Å². The fourth-order valence-electron chi connectivity index (χ4n) is 3.60. The van der Waals surface area contributed by atoms with Gasteiger partial charge >= 0.3 is 11.7 Å². The second-order valence-corrected chi connectivity index (χ2v) is 7.50. The molecule has 5 rings (SSSR count). The topological polar surface area (TPSA) is 115 Å². The van der Waals surface area contributed by atoms with E-state index in [1.165, 1.54) is 17.0 Å². The number of halogens is 2. The first-order valence-corrected chi connectivity index (χ1v) is 9.70. The van der Waals surface area contributed by atoms with Crippen LogP contribution in [0.2, 0.25) is 0 Å². The van der Waals surface area contributed by atoms with Crippen LogP contribution in [0.15, 0.2) is 36.5 Å². The Morgan fingerprint density at radius 1 is 1.22 bits per heavy atom. The predicted molar refractivity (Wildman–Crippen MR) is 107 cm³/mol. The third-order valence-electron chi connectivity index (χ3n) is 5.38. The van der Waals surface area contributed by atoms with Crippen LogP contribution in [0, 0.1) is 21.7 Å². The van der Waals surface area contributed by atoms with Gasteiger partial charge in [-0.2, -0.15) is 5.10 Å². The third kappa shape index (κ3) is 3.54. The van der Waals surface area contributed by atoms with Crippen LogP contribution < -0.4 is 5.32 Å². The average molecular weight is 442 g/mol. The molecular weight excluding hydrogens is 426 g/mol. The zero-order valence-corrected chi connectivity index (χ0v) is 16.5. The van der Waals surface area contributed by atoms with Crippen LogP contribution in [0.5, 0.6) is 0 Å². The summed E-state index contributed by atoms with van der Waals surface area (Å²) in [5, 5.41) is 18.3. The van der Waals surface area contributed by atoms with Crippen molar-refractivity contribution in [3.8, 4) is 11.3 Å². The largest absolute Gasteiger partial charge is 0.377 e. The minimum absolute atomic E-state index is 0.0205. The number of urea groups is 1. The minimum Gasteiger partial charge on any atom is -0.377 e. The van der Waals surface area contributed by atoms with E-state index in [2.05, 4.69) is 15.4 Å². The maximum absolute atomic E-state index is 14.1. The molecule has 1 fully saturated rings. The maximum Gasteiger partial charge on any atom is 0.323 e. The van der Waals surface area contributed by atoms with Crippen LogP contribution in [0.4, 0.5) is 25.1 Å². The number of fused-ring (bicyclic) bond motifs is 1. The predicted octanol–water partition coefficient (Wildman–Crippen LogP) is 3.25. The van der Waals surface area contributed by atoms with Gasteiger partial charge in [-0.15, -0.1) is 0 Å². The number of amides is 2. The number of carbonyl (C=O) groups excluding carboxylic acids is 1. The van der Waals surface area contributed by atoms with E-state index in [1.54, 1.807) is 0 Å². The molecule has 2 aliphatic rings. The second kappa shape index (κ2) is 7.64. The van der Waals surface area contributed by atoms with Gasteiger partial charge in [0.05, 0.1) is 48.7 Å². The van der Waals surface area contributed by atoms with Gasteiger partial charge in [-0.25, -0.2) is 18.6 Å². The number of nitrogens with zero attached hydrogens (tertiary/aromatic N) is 5. The average Bonchev–Trinajstić information content (AvgIpc) is 3.25. The van der Waals surface area contributed by atoms with Crippen LogP contribution in [-0.2, 0) is 17.8 Å². The Hall–Kier alpha value is -3.93. The number of carbonyl (C=O) groups is 1.